The van der Waals surface area contributed by atoms with Gasteiger partial charge in [-0.05, 0) is 53.6 Å². The van der Waals surface area contributed by atoms with Crippen molar-refractivity contribution < 1.29 is 19.1 Å². The summed E-state index contributed by atoms with van der Waals surface area (Å²) >= 11 is 0. The molecule has 0 aliphatic heterocycles. The van der Waals surface area contributed by atoms with Crippen molar-refractivity contribution >= 4 is 11.9 Å². The maximum atomic E-state index is 13.9. The Balaban J connectivity index is 1.62. The van der Waals surface area contributed by atoms with Crippen LogP contribution < -0.4 is 4.74 Å². The van der Waals surface area contributed by atoms with Crippen LogP contribution in [0.3, 0.4) is 0 Å². The highest BCUT2D eigenvalue weighted by Gasteiger charge is 2.29. The number of ether oxygens (including phenoxy) is 2. The molecule has 0 fully saturated rings. The van der Waals surface area contributed by atoms with E-state index < -0.39 is 12.0 Å². The Morgan fingerprint density at radius 2 is 1.40 bits per heavy atom. The summed E-state index contributed by atoms with van der Waals surface area (Å²) in [5.74, 6) is -0.343. The van der Waals surface area contributed by atoms with Gasteiger partial charge in [-0.2, -0.15) is 10.5 Å². The molecule has 0 spiro atoms. The van der Waals surface area contributed by atoms with Crippen molar-refractivity contribution in [2.75, 3.05) is 6.61 Å². The predicted molar refractivity (Wildman–Crippen MR) is 149 cm³/mol. The number of carbonyl (C=O) groups is 2. The Labute approximate surface area is 233 Å². The minimum Gasteiger partial charge on any atom is -0.491 e. The van der Waals surface area contributed by atoms with E-state index in [1.165, 1.54) is 0 Å². The number of esters is 1. The zero-order valence-electron chi connectivity index (χ0n) is 21.8. The van der Waals surface area contributed by atoms with Crippen LogP contribution in [-0.2, 0) is 22.7 Å². The first kappa shape index (κ1) is 27.6. The number of nitriles is 2. The van der Waals surface area contributed by atoms with Crippen LogP contribution in [0.2, 0.25) is 0 Å². The van der Waals surface area contributed by atoms with E-state index in [1.54, 1.807) is 53.4 Å². The third-order valence-corrected chi connectivity index (χ3v) is 6.21. The van der Waals surface area contributed by atoms with E-state index >= 15 is 0 Å². The summed E-state index contributed by atoms with van der Waals surface area (Å²) in [6.07, 6.45) is -0.111. The van der Waals surface area contributed by atoms with E-state index in [0.29, 0.717) is 22.4 Å². The van der Waals surface area contributed by atoms with Crippen molar-refractivity contribution in [1.29, 1.82) is 10.5 Å². The Kier molecular flexibility index (Phi) is 9.63. The maximum Gasteiger partial charge on any atom is 0.308 e. The average Bonchev–Trinajstić information content (AvgIpc) is 3.02. The van der Waals surface area contributed by atoms with E-state index in [2.05, 4.69) is 12.1 Å². The zero-order valence-corrected chi connectivity index (χ0v) is 21.8. The van der Waals surface area contributed by atoms with Crippen molar-refractivity contribution in [2.45, 2.75) is 25.6 Å². The van der Waals surface area contributed by atoms with Crippen LogP contribution in [0.4, 0.5) is 0 Å². The van der Waals surface area contributed by atoms with Gasteiger partial charge in [0.05, 0.1) is 35.7 Å². The second-order valence-corrected chi connectivity index (χ2v) is 9.06. The Hall–Kier alpha value is -5.40. The molecule has 0 saturated heterocycles. The standard InChI is InChI=1S/C33H27N3O4/c34-20-25-14-16-29(17-15-25)33(38)36(22-26-8-3-1-4-9-26)30(24-39-31-13-7-12-28(18-31)21-35)19-32(37)40-23-27-10-5-2-6-11-27/h1-18,30H,19,22-24H2. The molecular formula is C33H27N3O4. The summed E-state index contributed by atoms with van der Waals surface area (Å²) in [6, 6.07) is 35.3. The molecule has 4 rings (SSSR count). The minimum absolute atomic E-state index is 0.00975. The highest BCUT2D eigenvalue weighted by atomic mass is 16.5. The molecule has 0 bridgehead atoms. The van der Waals surface area contributed by atoms with Gasteiger partial charge in [0.25, 0.3) is 5.91 Å². The SMILES string of the molecule is N#Cc1ccc(C(=O)N(Cc2ccccc2)C(COc2cccc(C#N)c2)CC(=O)OCc2ccccc2)cc1. The number of hydrogen-bond donors (Lipinski definition) is 0. The van der Waals surface area contributed by atoms with Gasteiger partial charge >= 0.3 is 5.97 Å². The minimum atomic E-state index is -0.697. The first-order valence-electron chi connectivity index (χ1n) is 12.7. The van der Waals surface area contributed by atoms with Crippen molar-refractivity contribution in [3.05, 3.63) is 137 Å². The average molecular weight is 530 g/mol. The summed E-state index contributed by atoms with van der Waals surface area (Å²) in [4.78, 5) is 28.5. The smallest absolute Gasteiger partial charge is 0.308 e. The van der Waals surface area contributed by atoms with E-state index in [1.807, 2.05) is 60.7 Å². The number of rotatable bonds is 11. The third kappa shape index (κ3) is 7.80. The van der Waals surface area contributed by atoms with Crippen LogP contribution in [0.15, 0.2) is 109 Å². The highest BCUT2D eigenvalue weighted by Crippen LogP contribution is 2.20. The van der Waals surface area contributed by atoms with E-state index in [-0.39, 0.29) is 32.1 Å². The van der Waals surface area contributed by atoms with Crippen molar-refractivity contribution in [1.82, 2.24) is 4.90 Å². The van der Waals surface area contributed by atoms with Gasteiger partial charge in [-0.3, -0.25) is 9.59 Å². The lowest BCUT2D eigenvalue weighted by molar-refractivity contribution is -0.146. The van der Waals surface area contributed by atoms with Crippen LogP contribution >= 0.6 is 0 Å². The summed E-state index contributed by atoms with van der Waals surface area (Å²) in [6.45, 7) is 0.321. The van der Waals surface area contributed by atoms with Gasteiger partial charge in [-0.1, -0.05) is 66.7 Å². The lowest BCUT2D eigenvalue weighted by atomic mass is 10.1. The number of carbonyl (C=O) groups excluding carboxylic acids is 2. The lowest BCUT2D eigenvalue weighted by Gasteiger charge is -2.32. The lowest BCUT2D eigenvalue weighted by Crippen LogP contribution is -2.44. The van der Waals surface area contributed by atoms with Crippen LogP contribution in [-0.4, -0.2) is 29.4 Å². The molecule has 0 N–H and O–H groups in total. The van der Waals surface area contributed by atoms with Crippen LogP contribution in [0.25, 0.3) is 0 Å². The molecule has 198 valence electrons. The molecular weight excluding hydrogens is 502 g/mol. The van der Waals surface area contributed by atoms with Crippen molar-refractivity contribution in [3.63, 3.8) is 0 Å². The highest BCUT2D eigenvalue weighted by molar-refractivity contribution is 5.94. The van der Waals surface area contributed by atoms with Crippen LogP contribution in [0.5, 0.6) is 5.75 Å². The number of amides is 1. The molecule has 7 heteroatoms. The number of hydrogen-bond acceptors (Lipinski definition) is 6. The Morgan fingerprint density at radius 3 is 2.05 bits per heavy atom. The monoisotopic (exact) mass is 529 g/mol. The predicted octanol–water partition coefficient (Wildman–Crippen LogP) is 5.65. The molecule has 4 aromatic rings. The molecule has 0 saturated carbocycles. The number of benzene rings is 4. The molecule has 0 aliphatic rings. The normalized spacial score (nSPS) is 10.9. The third-order valence-electron chi connectivity index (χ3n) is 6.21. The molecule has 1 atom stereocenters. The summed E-state index contributed by atoms with van der Waals surface area (Å²) in [5, 5.41) is 18.4. The van der Waals surface area contributed by atoms with E-state index in [0.717, 1.165) is 11.1 Å². The second kappa shape index (κ2) is 13.9. The summed E-state index contributed by atoms with van der Waals surface area (Å²) in [7, 11) is 0. The first-order chi connectivity index (χ1) is 19.6. The van der Waals surface area contributed by atoms with Gasteiger partial charge in [-0.15, -0.1) is 0 Å². The van der Waals surface area contributed by atoms with Gasteiger partial charge in [0.15, 0.2) is 0 Å². The van der Waals surface area contributed by atoms with E-state index in [9.17, 15) is 20.1 Å². The fourth-order valence-electron chi connectivity index (χ4n) is 4.10. The van der Waals surface area contributed by atoms with Crippen LogP contribution in [0.1, 0.15) is 39.0 Å². The molecule has 0 radical (unpaired) electrons. The Bertz CT molecular complexity index is 1510. The molecule has 7 nitrogen and oxygen atoms in total. The quantitative estimate of drug-likeness (QED) is 0.233. The summed E-state index contributed by atoms with van der Waals surface area (Å²) in [5.41, 5.74) is 2.98. The second-order valence-electron chi connectivity index (χ2n) is 9.06. The largest absolute Gasteiger partial charge is 0.491 e. The molecule has 1 unspecified atom stereocenters. The fourth-order valence-corrected chi connectivity index (χ4v) is 4.10. The van der Waals surface area contributed by atoms with E-state index in [4.69, 9.17) is 9.47 Å². The fraction of sp³-hybridized carbons (Fsp3) is 0.152. The molecule has 40 heavy (non-hydrogen) atoms. The van der Waals surface area contributed by atoms with Gasteiger partial charge in [-0.25, -0.2) is 0 Å². The Morgan fingerprint density at radius 1 is 0.750 bits per heavy atom. The first-order valence-corrected chi connectivity index (χ1v) is 12.7. The number of nitrogens with zero attached hydrogens (tertiary/aromatic N) is 3. The molecule has 0 aliphatic carbocycles. The molecule has 1 amide bonds. The van der Waals surface area contributed by atoms with Gasteiger partial charge in [0.1, 0.15) is 19.0 Å². The van der Waals surface area contributed by atoms with Crippen molar-refractivity contribution in [2.24, 2.45) is 0 Å². The summed E-state index contributed by atoms with van der Waals surface area (Å²) < 4.78 is 11.6. The zero-order chi connectivity index (χ0) is 28.2. The topological polar surface area (TPSA) is 103 Å². The maximum absolute atomic E-state index is 13.9. The van der Waals surface area contributed by atoms with Crippen LogP contribution in [0, 0.1) is 22.7 Å². The van der Waals surface area contributed by atoms with Gasteiger partial charge < -0.3 is 14.4 Å². The molecule has 0 aromatic heterocycles. The molecule has 4 aromatic carbocycles. The van der Waals surface area contributed by atoms with Gasteiger partial charge in [0.2, 0.25) is 0 Å². The molecule has 0 heterocycles. The van der Waals surface area contributed by atoms with Gasteiger partial charge in [0, 0.05) is 12.1 Å². The van der Waals surface area contributed by atoms with Crippen molar-refractivity contribution in [3.8, 4) is 17.9 Å².